The molecule has 0 fully saturated rings. The minimum Gasteiger partial charge on any atom is -0.270 e. The van der Waals surface area contributed by atoms with Gasteiger partial charge in [0, 0.05) is 12.2 Å². The molecule has 2 rings (SSSR count). The average molecular weight is 161 g/mol. The third kappa shape index (κ3) is 1.07. The molecule has 0 saturated carbocycles. The van der Waals surface area contributed by atoms with Crippen molar-refractivity contribution < 1.29 is 0 Å². The lowest BCUT2D eigenvalue weighted by molar-refractivity contribution is 0.668. The van der Waals surface area contributed by atoms with Crippen molar-refractivity contribution in [1.29, 1.82) is 0 Å². The quantitative estimate of drug-likeness (QED) is 0.638. The highest BCUT2D eigenvalue weighted by Gasteiger charge is 1.99. The fourth-order valence-electron chi connectivity index (χ4n) is 1.22. The Bertz CT molecular complexity index is 403. The van der Waals surface area contributed by atoms with Gasteiger partial charge in [-0.15, -0.1) is 0 Å². The maximum absolute atomic E-state index is 4.36. The summed E-state index contributed by atoms with van der Waals surface area (Å²) in [6, 6.07) is 3.99. The van der Waals surface area contributed by atoms with Crippen LogP contribution in [-0.4, -0.2) is 14.8 Å². The summed E-state index contributed by atoms with van der Waals surface area (Å²) in [5.41, 5.74) is 3.00. The summed E-state index contributed by atoms with van der Waals surface area (Å²) in [5, 5.41) is 4.33. The summed E-state index contributed by atoms with van der Waals surface area (Å²) in [7, 11) is 0. The number of rotatable bonds is 1. The van der Waals surface area contributed by atoms with Gasteiger partial charge in [0.15, 0.2) is 0 Å². The molecule has 3 heteroatoms. The van der Waals surface area contributed by atoms with E-state index in [-0.39, 0.29) is 0 Å². The first kappa shape index (κ1) is 7.28. The monoisotopic (exact) mass is 161 g/mol. The third-order valence-electron chi connectivity index (χ3n) is 1.87. The molecule has 12 heavy (non-hydrogen) atoms. The van der Waals surface area contributed by atoms with Crippen molar-refractivity contribution in [3.63, 3.8) is 0 Å². The molecule has 0 aliphatic carbocycles. The van der Waals surface area contributed by atoms with Crippen molar-refractivity contribution in [1.82, 2.24) is 14.8 Å². The zero-order valence-corrected chi connectivity index (χ0v) is 7.28. The highest BCUT2D eigenvalue weighted by Crippen LogP contribution is 2.09. The van der Waals surface area contributed by atoms with Crippen LogP contribution in [0.15, 0.2) is 18.3 Å². The highest BCUT2D eigenvalue weighted by molar-refractivity contribution is 5.73. The van der Waals surface area contributed by atoms with Gasteiger partial charge in [-0.2, -0.15) is 5.10 Å². The first-order valence-electron chi connectivity index (χ1n) is 4.10. The smallest absolute Gasteiger partial charge is 0.111 e. The van der Waals surface area contributed by atoms with E-state index in [1.54, 1.807) is 0 Å². The number of aryl methyl sites for hydroxylation is 2. The minimum atomic E-state index is 0.898. The Labute approximate surface area is 71.0 Å². The van der Waals surface area contributed by atoms with Gasteiger partial charge in [0.2, 0.25) is 0 Å². The molecule has 0 amide bonds. The Balaban J connectivity index is 2.67. The summed E-state index contributed by atoms with van der Waals surface area (Å²) in [6.45, 7) is 4.96. The minimum absolute atomic E-state index is 0.898. The molecule has 0 spiro atoms. The number of hydrogen-bond acceptors (Lipinski definition) is 2. The SMILES string of the molecule is CCn1cc2nc(C)ccc2n1. The van der Waals surface area contributed by atoms with Crippen molar-refractivity contribution in [2.75, 3.05) is 0 Å². The van der Waals surface area contributed by atoms with Gasteiger partial charge in [0.25, 0.3) is 0 Å². The van der Waals surface area contributed by atoms with Crippen molar-refractivity contribution in [2.45, 2.75) is 20.4 Å². The van der Waals surface area contributed by atoms with E-state index in [9.17, 15) is 0 Å². The summed E-state index contributed by atoms with van der Waals surface area (Å²) in [6.07, 6.45) is 1.97. The van der Waals surface area contributed by atoms with Crippen molar-refractivity contribution in [3.05, 3.63) is 24.0 Å². The molecule has 62 valence electrons. The lowest BCUT2D eigenvalue weighted by Gasteiger charge is -1.88. The highest BCUT2D eigenvalue weighted by atomic mass is 15.3. The summed E-state index contributed by atoms with van der Waals surface area (Å²) in [4.78, 5) is 4.36. The van der Waals surface area contributed by atoms with E-state index in [2.05, 4.69) is 17.0 Å². The van der Waals surface area contributed by atoms with Crippen molar-refractivity contribution in [3.8, 4) is 0 Å². The van der Waals surface area contributed by atoms with Crippen molar-refractivity contribution in [2.24, 2.45) is 0 Å². The molecule has 0 unspecified atom stereocenters. The Hall–Kier alpha value is -1.38. The maximum atomic E-state index is 4.36. The molecule has 2 heterocycles. The van der Waals surface area contributed by atoms with Gasteiger partial charge < -0.3 is 0 Å². The number of hydrogen-bond donors (Lipinski definition) is 0. The average Bonchev–Trinajstić information content (AvgIpc) is 2.46. The Kier molecular flexibility index (Phi) is 1.57. The molecule has 0 radical (unpaired) electrons. The van der Waals surface area contributed by atoms with Gasteiger partial charge in [-0.05, 0) is 26.0 Å². The van der Waals surface area contributed by atoms with Crippen LogP contribution in [0.5, 0.6) is 0 Å². The van der Waals surface area contributed by atoms with Crippen molar-refractivity contribution >= 4 is 11.0 Å². The van der Waals surface area contributed by atoms with Gasteiger partial charge >= 0.3 is 0 Å². The van der Waals surface area contributed by atoms with Crippen LogP contribution in [0.1, 0.15) is 12.6 Å². The van der Waals surface area contributed by atoms with E-state index in [0.29, 0.717) is 0 Å². The molecule has 3 nitrogen and oxygen atoms in total. The van der Waals surface area contributed by atoms with Crippen LogP contribution < -0.4 is 0 Å². The Morgan fingerprint density at radius 2 is 2.17 bits per heavy atom. The zero-order chi connectivity index (χ0) is 8.55. The van der Waals surface area contributed by atoms with Gasteiger partial charge in [0.1, 0.15) is 11.0 Å². The van der Waals surface area contributed by atoms with Gasteiger partial charge in [-0.1, -0.05) is 0 Å². The van der Waals surface area contributed by atoms with E-state index in [1.807, 2.05) is 29.9 Å². The Morgan fingerprint density at radius 3 is 2.92 bits per heavy atom. The summed E-state index contributed by atoms with van der Waals surface area (Å²) < 4.78 is 1.90. The predicted molar refractivity (Wildman–Crippen MR) is 47.9 cm³/mol. The fraction of sp³-hybridized carbons (Fsp3) is 0.333. The molecular weight excluding hydrogens is 150 g/mol. The van der Waals surface area contributed by atoms with Gasteiger partial charge in [0.05, 0.1) is 6.20 Å². The maximum Gasteiger partial charge on any atom is 0.111 e. The van der Waals surface area contributed by atoms with Crippen LogP contribution in [0.2, 0.25) is 0 Å². The van der Waals surface area contributed by atoms with E-state index in [0.717, 1.165) is 23.3 Å². The van der Waals surface area contributed by atoms with Gasteiger partial charge in [-0.3, -0.25) is 4.68 Å². The molecule has 0 bridgehead atoms. The summed E-state index contributed by atoms with van der Waals surface area (Å²) >= 11 is 0. The normalized spacial score (nSPS) is 10.8. The van der Waals surface area contributed by atoms with Crippen LogP contribution >= 0.6 is 0 Å². The van der Waals surface area contributed by atoms with E-state index in [1.165, 1.54) is 0 Å². The standard InChI is InChI=1S/C9H11N3/c1-3-12-6-9-8(11-12)5-4-7(2)10-9/h4-6H,3H2,1-2H3. The zero-order valence-electron chi connectivity index (χ0n) is 7.28. The van der Waals surface area contributed by atoms with Crippen LogP contribution in [0.25, 0.3) is 11.0 Å². The first-order valence-corrected chi connectivity index (χ1v) is 4.10. The molecule has 0 aliphatic heterocycles. The number of nitrogens with zero attached hydrogens (tertiary/aromatic N) is 3. The van der Waals surface area contributed by atoms with Crippen LogP contribution in [0, 0.1) is 6.92 Å². The number of aromatic nitrogens is 3. The molecule has 2 aromatic heterocycles. The fourth-order valence-corrected chi connectivity index (χ4v) is 1.22. The number of pyridine rings is 1. The molecular formula is C9H11N3. The first-order chi connectivity index (χ1) is 5.79. The second kappa shape index (κ2) is 2.59. The van der Waals surface area contributed by atoms with E-state index in [4.69, 9.17) is 0 Å². The van der Waals surface area contributed by atoms with Crippen LogP contribution in [-0.2, 0) is 6.54 Å². The Morgan fingerprint density at radius 1 is 1.33 bits per heavy atom. The molecule has 2 aromatic rings. The second-order valence-corrected chi connectivity index (χ2v) is 2.84. The molecule has 0 aromatic carbocycles. The molecule has 0 N–H and O–H groups in total. The van der Waals surface area contributed by atoms with E-state index < -0.39 is 0 Å². The molecule has 0 saturated heterocycles. The molecule has 0 aliphatic rings. The van der Waals surface area contributed by atoms with Gasteiger partial charge in [-0.25, -0.2) is 4.98 Å². The lowest BCUT2D eigenvalue weighted by atomic mass is 10.3. The van der Waals surface area contributed by atoms with E-state index >= 15 is 0 Å². The largest absolute Gasteiger partial charge is 0.270 e. The van der Waals surface area contributed by atoms with Crippen LogP contribution in [0.4, 0.5) is 0 Å². The number of fused-ring (bicyclic) bond motifs is 1. The second-order valence-electron chi connectivity index (χ2n) is 2.84. The summed E-state index contributed by atoms with van der Waals surface area (Å²) in [5.74, 6) is 0. The predicted octanol–water partition coefficient (Wildman–Crippen LogP) is 1.76. The lowest BCUT2D eigenvalue weighted by Crippen LogP contribution is -1.92. The van der Waals surface area contributed by atoms with Crippen LogP contribution in [0.3, 0.4) is 0 Å². The topological polar surface area (TPSA) is 30.7 Å². The molecule has 0 atom stereocenters. The third-order valence-corrected chi connectivity index (χ3v) is 1.87.